The molecule has 1 unspecified atom stereocenters. The maximum atomic E-state index is 12.5. The molecule has 2 heterocycles. The van der Waals surface area contributed by atoms with Crippen LogP contribution in [-0.4, -0.2) is 46.4 Å². The van der Waals surface area contributed by atoms with Crippen LogP contribution in [0.25, 0.3) is 0 Å². The fourth-order valence-electron chi connectivity index (χ4n) is 3.14. The van der Waals surface area contributed by atoms with Crippen molar-refractivity contribution in [1.29, 1.82) is 0 Å². The summed E-state index contributed by atoms with van der Waals surface area (Å²) in [7, 11) is 0. The number of likely N-dealkylation sites (tertiary alicyclic amines) is 1. The van der Waals surface area contributed by atoms with Crippen molar-refractivity contribution in [2.75, 3.05) is 19.6 Å². The molecule has 2 aliphatic rings. The van der Waals surface area contributed by atoms with E-state index in [4.69, 9.17) is 0 Å². The first kappa shape index (κ1) is 14.5. The zero-order valence-electron chi connectivity index (χ0n) is 12.9. The van der Waals surface area contributed by atoms with Crippen molar-refractivity contribution in [3.63, 3.8) is 0 Å². The lowest BCUT2D eigenvalue weighted by atomic mass is 10.0. The van der Waals surface area contributed by atoms with E-state index in [0.29, 0.717) is 24.4 Å². The predicted molar refractivity (Wildman–Crippen MR) is 82.6 cm³/mol. The second-order valence-corrected chi connectivity index (χ2v) is 6.54. The van der Waals surface area contributed by atoms with Gasteiger partial charge in [-0.25, -0.2) is 0 Å². The van der Waals surface area contributed by atoms with Crippen LogP contribution in [0.4, 0.5) is 0 Å². The third-order valence-electron chi connectivity index (χ3n) is 4.50. The third kappa shape index (κ3) is 4.03. The maximum absolute atomic E-state index is 12.5. The van der Waals surface area contributed by atoms with Gasteiger partial charge in [0.15, 0.2) is 0 Å². The number of hydrogen-bond acceptors (Lipinski definition) is 3. The number of carbonyl (C=O) groups excluding carboxylic acids is 1. The van der Waals surface area contributed by atoms with Crippen LogP contribution in [0.5, 0.6) is 0 Å². The summed E-state index contributed by atoms with van der Waals surface area (Å²) in [4.78, 5) is 21.3. The van der Waals surface area contributed by atoms with E-state index in [0.717, 1.165) is 31.7 Å². The van der Waals surface area contributed by atoms with Gasteiger partial charge < -0.3 is 4.90 Å². The highest BCUT2D eigenvalue weighted by Gasteiger charge is 2.32. The molecule has 4 heteroatoms. The smallest absolute Gasteiger partial charge is 0.236 e. The highest BCUT2D eigenvalue weighted by Crippen LogP contribution is 2.28. The molecule has 1 atom stereocenters. The van der Waals surface area contributed by atoms with Crippen molar-refractivity contribution >= 4 is 5.91 Å². The van der Waals surface area contributed by atoms with E-state index in [9.17, 15) is 4.79 Å². The fraction of sp³-hybridized carbons (Fsp3) is 0.647. The standard InChI is InChI=1S/C17H25N3O/c1-14-5-4-10-19(11-14)17(21)13-20(16-7-8-16)12-15-6-2-3-9-18-15/h2-3,6,9,14,16H,4-5,7-8,10-13H2,1H3. The van der Waals surface area contributed by atoms with Crippen LogP contribution in [0.3, 0.4) is 0 Å². The largest absolute Gasteiger partial charge is 0.341 e. The van der Waals surface area contributed by atoms with Crippen molar-refractivity contribution in [3.05, 3.63) is 30.1 Å². The van der Waals surface area contributed by atoms with Crippen LogP contribution in [0.15, 0.2) is 24.4 Å². The van der Waals surface area contributed by atoms with E-state index in [1.165, 1.54) is 19.3 Å². The Morgan fingerprint density at radius 2 is 2.24 bits per heavy atom. The highest BCUT2D eigenvalue weighted by molar-refractivity contribution is 5.78. The summed E-state index contributed by atoms with van der Waals surface area (Å²) in [5.41, 5.74) is 1.06. The monoisotopic (exact) mass is 287 g/mol. The normalized spacial score (nSPS) is 22.6. The molecule has 0 aromatic carbocycles. The van der Waals surface area contributed by atoms with Crippen molar-refractivity contribution in [1.82, 2.24) is 14.8 Å². The molecule has 0 N–H and O–H groups in total. The quantitative estimate of drug-likeness (QED) is 0.834. The minimum absolute atomic E-state index is 0.296. The molecule has 3 rings (SSSR count). The zero-order chi connectivity index (χ0) is 14.7. The first-order valence-electron chi connectivity index (χ1n) is 8.14. The number of aromatic nitrogens is 1. The Morgan fingerprint density at radius 3 is 2.90 bits per heavy atom. The molecule has 1 aromatic rings. The zero-order valence-corrected chi connectivity index (χ0v) is 12.9. The lowest BCUT2D eigenvalue weighted by Crippen LogP contribution is -2.45. The molecule has 4 nitrogen and oxygen atoms in total. The van der Waals surface area contributed by atoms with Crippen LogP contribution < -0.4 is 0 Å². The number of nitrogens with zero attached hydrogens (tertiary/aromatic N) is 3. The molecule has 0 spiro atoms. The van der Waals surface area contributed by atoms with Crippen LogP contribution in [0, 0.1) is 5.92 Å². The highest BCUT2D eigenvalue weighted by atomic mass is 16.2. The van der Waals surface area contributed by atoms with E-state index in [1.54, 1.807) is 0 Å². The average molecular weight is 287 g/mol. The Labute approximate surface area is 127 Å². The van der Waals surface area contributed by atoms with Crippen LogP contribution in [-0.2, 0) is 11.3 Å². The molecule has 0 radical (unpaired) electrons. The lowest BCUT2D eigenvalue weighted by molar-refractivity contribution is -0.134. The van der Waals surface area contributed by atoms with Crippen LogP contribution in [0.2, 0.25) is 0 Å². The summed E-state index contributed by atoms with van der Waals surface area (Å²) in [5, 5.41) is 0. The van der Waals surface area contributed by atoms with E-state index < -0.39 is 0 Å². The molecule has 0 bridgehead atoms. The topological polar surface area (TPSA) is 36.4 Å². The first-order valence-corrected chi connectivity index (χ1v) is 8.14. The van der Waals surface area contributed by atoms with E-state index in [-0.39, 0.29) is 0 Å². The number of piperidine rings is 1. The predicted octanol–water partition coefficient (Wildman–Crippen LogP) is 2.30. The second-order valence-electron chi connectivity index (χ2n) is 6.54. The maximum Gasteiger partial charge on any atom is 0.236 e. The summed E-state index contributed by atoms with van der Waals surface area (Å²) >= 11 is 0. The molecule has 114 valence electrons. The number of pyridine rings is 1. The molecule has 1 aliphatic heterocycles. The second kappa shape index (κ2) is 6.56. The third-order valence-corrected chi connectivity index (χ3v) is 4.50. The van der Waals surface area contributed by atoms with Crippen LogP contribution >= 0.6 is 0 Å². The number of hydrogen-bond donors (Lipinski definition) is 0. The van der Waals surface area contributed by atoms with Gasteiger partial charge in [0.25, 0.3) is 0 Å². The Morgan fingerprint density at radius 1 is 1.38 bits per heavy atom. The van der Waals surface area contributed by atoms with Crippen molar-refractivity contribution < 1.29 is 4.79 Å². The van der Waals surface area contributed by atoms with E-state index >= 15 is 0 Å². The summed E-state index contributed by atoms with van der Waals surface area (Å²) in [6.07, 6.45) is 6.67. The molecular weight excluding hydrogens is 262 g/mol. The van der Waals surface area contributed by atoms with Crippen LogP contribution in [0.1, 0.15) is 38.3 Å². The molecule has 1 aromatic heterocycles. The lowest BCUT2D eigenvalue weighted by Gasteiger charge is -2.33. The number of carbonyl (C=O) groups is 1. The van der Waals surface area contributed by atoms with Gasteiger partial charge in [-0.15, -0.1) is 0 Å². The van der Waals surface area contributed by atoms with Gasteiger partial charge in [-0.05, 0) is 43.7 Å². The molecule has 1 saturated heterocycles. The van der Waals surface area contributed by atoms with Crippen molar-refractivity contribution in [3.8, 4) is 0 Å². The fourth-order valence-corrected chi connectivity index (χ4v) is 3.14. The Balaban J connectivity index is 1.58. The molecule has 2 fully saturated rings. The summed E-state index contributed by atoms with van der Waals surface area (Å²) in [5.74, 6) is 0.942. The van der Waals surface area contributed by atoms with Crippen molar-refractivity contribution in [2.45, 2.75) is 45.2 Å². The summed E-state index contributed by atoms with van der Waals surface area (Å²) in [6.45, 7) is 5.45. The molecule has 1 aliphatic carbocycles. The Bertz CT molecular complexity index is 472. The van der Waals surface area contributed by atoms with Gasteiger partial charge in [-0.3, -0.25) is 14.7 Å². The SMILES string of the molecule is CC1CCCN(C(=O)CN(Cc2ccccn2)C2CC2)C1. The first-order chi connectivity index (χ1) is 10.2. The number of rotatable bonds is 5. The Hall–Kier alpha value is -1.42. The number of amides is 1. The molecule has 1 saturated carbocycles. The van der Waals surface area contributed by atoms with Gasteiger partial charge >= 0.3 is 0 Å². The molecule has 21 heavy (non-hydrogen) atoms. The summed E-state index contributed by atoms with van der Waals surface area (Å²) < 4.78 is 0. The van der Waals surface area contributed by atoms with E-state index in [1.807, 2.05) is 24.4 Å². The van der Waals surface area contributed by atoms with E-state index in [2.05, 4.69) is 21.7 Å². The Kier molecular flexibility index (Phi) is 4.54. The average Bonchev–Trinajstić information content (AvgIpc) is 3.32. The summed E-state index contributed by atoms with van der Waals surface area (Å²) in [6, 6.07) is 6.58. The van der Waals surface area contributed by atoms with Gasteiger partial charge in [0.1, 0.15) is 0 Å². The van der Waals surface area contributed by atoms with Gasteiger partial charge in [-0.1, -0.05) is 13.0 Å². The minimum Gasteiger partial charge on any atom is -0.341 e. The molecular formula is C17H25N3O. The van der Waals surface area contributed by atoms with Gasteiger partial charge in [0.05, 0.1) is 12.2 Å². The van der Waals surface area contributed by atoms with Gasteiger partial charge in [0, 0.05) is 31.9 Å². The molecule has 1 amide bonds. The minimum atomic E-state index is 0.296. The van der Waals surface area contributed by atoms with Crippen molar-refractivity contribution in [2.24, 2.45) is 5.92 Å². The van der Waals surface area contributed by atoms with Gasteiger partial charge in [0.2, 0.25) is 5.91 Å². The van der Waals surface area contributed by atoms with Gasteiger partial charge in [-0.2, -0.15) is 0 Å².